The zero-order chi connectivity index (χ0) is 17.7. The molecule has 0 spiro atoms. The lowest BCUT2D eigenvalue weighted by atomic mass is 10.0. The van der Waals surface area contributed by atoms with Crippen LogP contribution in [-0.2, 0) is 0 Å². The quantitative estimate of drug-likeness (QED) is 0.587. The minimum Gasteiger partial charge on any atom is -0.454 e. The Morgan fingerprint density at radius 1 is 1.04 bits per heavy atom. The fourth-order valence-electron chi connectivity index (χ4n) is 3.11. The zero-order valence-electron chi connectivity index (χ0n) is 13.4. The van der Waals surface area contributed by atoms with Crippen molar-refractivity contribution in [2.24, 2.45) is 0 Å². The number of aromatic amines is 1. The Morgan fingerprint density at radius 3 is 2.69 bits per heavy atom. The van der Waals surface area contributed by atoms with Crippen molar-refractivity contribution in [3.8, 4) is 28.3 Å². The van der Waals surface area contributed by atoms with E-state index in [4.69, 9.17) is 21.1 Å². The van der Waals surface area contributed by atoms with Gasteiger partial charge in [-0.25, -0.2) is 9.67 Å². The van der Waals surface area contributed by atoms with Crippen LogP contribution in [0.15, 0.2) is 59.5 Å². The monoisotopic (exact) mass is 365 g/mol. The van der Waals surface area contributed by atoms with Crippen molar-refractivity contribution in [2.75, 3.05) is 6.79 Å². The second-order valence-electron chi connectivity index (χ2n) is 5.88. The van der Waals surface area contributed by atoms with Crippen LogP contribution in [0.25, 0.3) is 27.8 Å². The number of aromatic nitrogens is 3. The van der Waals surface area contributed by atoms with Gasteiger partial charge in [0.2, 0.25) is 6.79 Å². The summed E-state index contributed by atoms with van der Waals surface area (Å²) in [7, 11) is 0. The Morgan fingerprint density at radius 2 is 1.85 bits per heavy atom. The third kappa shape index (κ3) is 2.27. The normalized spacial score (nSPS) is 12.7. The van der Waals surface area contributed by atoms with Crippen LogP contribution in [0.4, 0.5) is 0 Å². The number of pyridine rings is 1. The molecule has 128 valence electrons. The van der Waals surface area contributed by atoms with Gasteiger partial charge in [-0.15, -0.1) is 0 Å². The van der Waals surface area contributed by atoms with Crippen molar-refractivity contribution in [2.45, 2.75) is 0 Å². The standard InChI is InChI=1S/C19H12ClN3O3/c20-12-2-4-13(5-3-12)23-19(24)17-14(7-8-21-18(17)22-23)11-1-6-15-16(9-11)26-10-25-15/h1-9H,10H2,(H,21,22). The first-order valence-corrected chi connectivity index (χ1v) is 8.34. The van der Waals surface area contributed by atoms with Crippen molar-refractivity contribution in [3.63, 3.8) is 0 Å². The number of rotatable bonds is 2. The molecule has 0 bridgehead atoms. The van der Waals surface area contributed by atoms with Gasteiger partial charge in [0.15, 0.2) is 17.1 Å². The van der Waals surface area contributed by atoms with Gasteiger partial charge in [0.1, 0.15) is 0 Å². The molecular formula is C19H12ClN3O3. The van der Waals surface area contributed by atoms with E-state index >= 15 is 0 Å². The molecular weight excluding hydrogens is 354 g/mol. The van der Waals surface area contributed by atoms with Gasteiger partial charge in [-0.3, -0.25) is 9.89 Å². The average Bonchev–Trinajstić information content (AvgIpc) is 3.26. The van der Waals surface area contributed by atoms with Gasteiger partial charge in [0, 0.05) is 11.2 Å². The van der Waals surface area contributed by atoms with Crippen molar-refractivity contribution in [1.29, 1.82) is 0 Å². The molecule has 0 atom stereocenters. The molecule has 0 aliphatic carbocycles. The second kappa shape index (κ2) is 5.64. The van der Waals surface area contributed by atoms with Gasteiger partial charge >= 0.3 is 0 Å². The van der Waals surface area contributed by atoms with Gasteiger partial charge in [0.25, 0.3) is 5.56 Å². The number of ether oxygens (including phenoxy) is 2. The third-order valence-corrected chi connectivity index (χ3v) is 4.61. The highest BCUT2D eigenvalue weighted by Gasteiger charge is 2.18. The third-order valence-electron chi connectivity index (χ3n) is 4.35. The maximum Gasteiger partial charge on any atom is 0.281 e. The molecule has 2 aromatic heterocycles. The number of nitrogens with zero attached hydrogens (tertiary/aromatic N) is 2. The van der Waals surface area contributed by atoms with Crippen LogP contribution in [0.1, 0.15) is 0 Å². The highest BCUT2D eigenvalue weighted by atomic mass is 35.5. The van der Waals surface area contributed by atoms with Crippen LogP contribution >= 0.6 is 11.6 Å². The lowest BCUT2D eigenvalue weighted by molar-refractivity contribution is 0.174. The molecule has 0 saturated heterocycles. The highest BCUT2D eigenvalue weighted by Crippen LogP contribution is 2.37. The molecule has 0 fully saturated rings. The maximum absolute atomic E-state index is 13.0. The van der Waals surface area contributed by atoms with E-state index in [9.17, 15) is 4.79 Å². The first kappa shape index (κ1) is 15.0. The smallest absolute Gasteiger partial charge is 0.281 e. The van der Waals surface area contributed by atoms with Crippen molar-refractivity contribution < 1.29 is 9.47 Å². The molecule has 5 rings (SSSR count). The maximum atomic E-state index is 13.0. The summed E-state index contributed by atoms with van der Waals surface area (Å²) in [6.45, 7) is 0.206. The number of nitrogens with one attached hydrogen (secondary N) is 1. The van der Waals surface area contributed by atoms with E-state index in [1.807, 2.05) is 24.3 Å². The molecule has 0 saturated carbocycles. The molecule has 1 aliphatic heterocycles. The summed E-state index contributed by atoms with van der Waals surface area (Å²) in [5.74, 6) is 1.37. The summed E-state index contributed by atoms with van der Waals surface area (Å²) in [6.07, 6.45) is 1.67. The molecule has 1 N–H and O–H groups in total. The molecule has 3 heterocycles. The molecule has 0 unspecified atom stereocenters. The Hall–Kier alpha value is -3.25. The van der Waals surface area contributed by atoms with Gasteiger partial charge < -0.3 is 9.47 Å². The predicted octanol–water partition coefficient (Wildman–Crippen LogP) is 3.76. The fraction of sp³-hybridized carbons (Fsp3) is 0.0526. The van der Waals surface area contributed by atoms with E-state index < -0.39 is 0 Å². The van der Waals surface area contributed by atoms with E-state index in [1.54, 1.807) is 30.5 Å². The second-order valence-corrected chi connectivity index (χ2v) is 6.32. The molecule has 7 heteroatoms. The Kier molecular flexibility index (Phi) is 3.26. The van der Waals surface area contributed by atoms with E-state index in [0.717, 1.165) is 11.1 Å². The molecule has 26 heavy (non-hydrogen) atoms. The fourth-order valence-corrected chi connectivity index (χ4v) is 3.23. The highest BCUT2D eigenvalue weighted by molar-refractivity contribution is 6.30. The molecule has 2 aromatic carbocycles. The van der Waals surface area contributed by atoms with Crippen molar-refractivity contribution in [3.05, 3.63) is 70.1 Å². The SMILES string of the molecule is O=c1c2c(-c3ccc4c(c3)OCO4)ccnc2[nH]n1-c1ccc(Cl)cc1. The van der Waals surface area contributed by atoms with Gasteiger partial charge in [-0.2, -0.15) is 0 Å². The summed E-state index contributed by atoms with van der Waals surface area (Å²) in [4.78, 5) is 17.4. The summed E-state index contributed by atoms with van der Waals surface area (Å²) in [5.41, 5.74) is 2.67. The summed E-state index contributed by atoms with van der Waals surface area (Å²) < 4.78 is 12.3. The topological polar surface area (TPSA) is 69.1 Å². The minimum absolute atomic E-state index is 0.178. The Labute approximate surface area is 152 Å². The molecule has 0 radical (unpaired) electrons. The largest absolute Gasteiger partial charge is 0.454 e. The van der Waals surface area contributed by atoms with Crippen LogP contribution in [0.3, 0.4) is 0 Å². The minimum atomic E-state index is -0.178. The molecule has 0 amide bonds. The molecule has 4 aromatic rings. The number of H-pyrrole nitrogens is 1. The molecule has 6 nitrogen and oxygen atoms in total. The van der Waals surface area contributed by atoms with Crippen LogP contribution in [-0.4, -0.2) is 21.6 Å². The van der Waals surface area contributed by atoms with Crippen molar-refractivity contribution >= 4 is 22.6 Å². The lowest BCUT2D eigenvalue weighted by Gasteiger charge is -2.04. The number of fused-ring (bicyclic) bond motifs is 2. The lowest BCUT2D eigenvalue weighted by Crippen LogP contribution is -2.14. The number of halogens is 1. The average molecular weight is 366 g/mol. The van der Waals surface area contributed by atoms with Crippen molar-refractivity contribution in [1.82, 2.24) is 14.8 Å². The van der Waals surface area contributed by atoms with E-state index in [0.29, 0.717) is 33.2 Å². The Balaban J connectivity index is 1.72. The first-order valence-electron chi connectivity index (χ1n) is 7.96. The van der Waals surface area contributed by atoms with Crippen LogP contribution < -0.4 is 15.0 Å². The molecule has 1 aliphatic rings. The van der Waals surface area contributed by atoms with E-state index in [2.05, 4.69) is 10.1 Å². The Bertz CT molecular complexity index is 1200. The van der Waals surface area contributed by atoms with E-state index in [-0.39, 0.29) is 12.4 Å². The van der Waals surface area contributed by atoms with E-state index in [1.165, 1.54) is 4.68 Å². The number of hydrogen-bond acceptors (Lipinski definition) is 4. The summed E-state index contributed by atoms with van der Waals surface area (Å²) in [6, 6.07) is 14.5. The predicted molar refractivity (Wildman–Crippen MR) is 98.3 cm³/mol. The summed E-state index contributed by atoms with van der Waals surface area (Å²) >= 11 is 5.94. The van der Waals surface area contributed by atoms with Crippen LogP contribution in [0, 0.1) is 0 Å². The van der Waals surface area contributed by atoms with Gasteiger partial charge in [-0.1, -0.05) is 17.7 Å². The number of benzene rings is 2. The van der Waals surface area contributed by atoms with Gasteiger partial charge in [0.05, 0.1) is 11.1 Å². The first-order chi connectivity index (χ1) is 12.7. The van der Waals surface area contributed by atoms with Gasteiger partial charge in [-0.05, 0) is 53.6 Å². The number of hydrogen-bond donors (Lipinski definition) is 1. The zero-order valence-corrected chi connectivity index (χ0v) is 14.2. The van der Waals surface area contributed by atoms with Crippen LogP contribution in [0.5, 0.6) is 11.5 Å². The summed E-state index contributed by atoms with van der Waals surface area (Å²) in [5, 5.41) is 4.18. The van der Waals surface area contributed by atoms with Crippen LogP contribution in [0.2, 0.25) is 5.02 Å².